The fraction of sp³-hybridized carbons (Fsp3) is 0.583. The van der Waals surface area contributed by atoms with Crippen molar-refractivity contribution < 1.29 is 29.3 Å². The van der Waals surface area contributed by atoms with Gasteiger partial charge in [0.2, 0.25) is 11.8 Å². The zero-order valence-corrected chi connectivity index (χ0v) is 21.5. The Morgan fingerprint density at radius 1 is 1.24 bits per heavy atom. The number of methoxy groups -OCH3 is 1. The number of amides is 2. The molecule has 33 heavy (non-hydrogen) atoms. The number of hydrogen-bond acceptors (Lipinski definition) is 6. The van der Waals surface area contributed by atoms with Gasteiger partial charge >= 0.3 is 0 Å². The molecule has 0 aliphatic heterocycles. The number of hydrogen-bond donors (Lipinski definition) is 3. The molecule has 0 radical (unpaired) electrons. The van der Waals surface area contributed by atoms with Crippen LogP contribution in [-0.4, -0.2) is 78.6 Å². The molecular weight excluding hydrogens is 539 g/mol. The van der Waals surface area contributed by atoms with Gasteiger partial charge in [0.15, 0.2) is 0 Å². The maximum absolute atomic E-state index is 12.9. The third kappa shape index (κ3) is 8.24. The average molecular weight is 574 g/mol. The number of carbonyl (C=O) groups is 2. The highest BCUT2D eigenvalue weighted by molar-refractivity contribution is 14.1. The Labute approximate surface area is 209 Å². The summed E-state index contributed by atoms with van der Waals surface area (Å²) in [6.45, 7) is 2.42. The molecule has 1 aliphatic carbocycles. The predicted molar refractivity (Wildman–Crippen MR) is 134 cm³/mol. The molecule has 184 valence electrons. The average Bonchev–Trinajstić information content (AvgIpc) is 2.80. The minimum Gasteiger partial charge on any atom is -0.482 e. The lowest BCUT2D eigenvalue weighted by molar-refractivity contribution is -0.142. The van der Waals surface area contributed by atoms with Crippen LogP contribution in [0.2, 0.25) is 0 Å². The van der Waals surface area contributed by atoms with Gasteiger partial charge in [-0.15, -0.1) is 0 Å². The Kier molecular flexibility index (Phi) is 12.1. The summed E-state index contributed by atoms with van der Waals surface area (Å²) in [6, 6.07) is 6.78. The van der Waals surface area contributed by atoms with E-state index in [0.717, 1.165) is 29.3 Å². The van der Waals surface area contributed by atoms with Crippen LogP contribution in [0.5, 0.6) is 5.75 Å². The summed E-state index contributed by atoms with van der Waals surface area (Å²) in [4.78, 5) is 27.3. The number of rotatable bonds is 13. The zero-order valence-electron chi connectivity index (χ0n) is 19.3. The molecule has 3 atom stereocenters. The van der Waals surface area contributed by atoms with Crippen LogP contribution in [0.4, 0.5) is 0 Å². The van der Waals surface area contributed by atoms with Crippen molar-refractivity contribution in [3.63, 3.8) is 0 Å². The van der Waals surface area contributed by atoms with Gasteiger partial charge in [0.1, 0.15) is 24.6 Å². The van der Waals surface area contributed by atoms with Crippen molar-refractivity contribution in [2.75, 3.05) is 33.4 Å². The number of nitrogens with zero attached hydrogens (tertiary/aromatic N) is 1. The van der Waals surface area contributed by atoms with Crippen LogP contribution < -0.4 is 10.1 Å². The number of nitrogens with one attached hydrogen (secondary N) is 1. The van der Waals surface area contributed by atoms with E-state index in [1.165, 1.54) is 7.11 Å². The fourth-order valence-electron chi connectivity index (χ4n) is 3.86. The van der Waals surface area contributed by atoms with Gasteiger partial charge in [-0.1, -0.05) is 38.3 Å². The first-order valence-corrected chi connectivity index (χ1v) is 12.5. The summed E-state index contributed by atoms with van der Waals surface area (Å²) < 4.78 is 12.1. The fourth-order valence-corrected chi connectivity index (χ4v) is 4.37. The predicted octanol–water partition coefficient (Wildman–Crippen LogP) is 2.26. The SMILES string of the molecule is CCCCCCN(C(=O)COC)C1CC(C(=O)NCCO)=CC(Oc2ccccc2I)C1O. The standard InChI is InChI=1S/C24H35IN2O6/c1-3-4-5-8-12-27(22(29)16-32-2)19-14-17(24(31)26-11-13-28)15-21(23(19)30)33-20-10-7-6-9-18(20)25/h6-7,9-10,15,19,21,23,28,30H,3-5,8,11-14,16H2,1-2H3,(H,26,31). The lowest BCUT2D eigenvalue weighted by atomic mass is 9.88. The highest BCUT2D eigenvalue weighted by atomic mass is 127. The van der Waals surface area contributed by atoms with E-state index in [1.54, 1.807) is 17.0 Å². The molecule has 2 rings (SSSR count). The van der Waals surface area contributed by atoms with Gasteiger partial charge < -0.3 is 29.9 Å². The Morgan fingerprint density at radius 3 is 2.67 bits per heavy atom. The van der Waals surface area contributed by atoms with Gasteiger partial charge in [-0.3, -0.25) is 9.59 Å². The van der Waals surface area contributed by atoms with Crippen molar-refractivity contribution in [1.29, 1.82) is 0 Å². The molecule has 0 saturated heterocycles. The van der Waals surface area contributed by atoms with Crippen molar-refractivity contribution in [2.24, 2.45) is 0 Å². The topological polar surface area (TPSA) is 108 Å². The molecule has 0 heterocycles. The summed E-state index contributed by atoms with van der Waals surface area (Å²) in [5, 5.41) is 23.0. The number of aliphatic hydroxyl groups is 2. The van der Waals surface area contributed by atoms with E-state index in [2.05, 4.69) is 34.8 Å². The van der Waals surface area contributed by atoms with Gasteiger partial charge in [0.25, 0.3) is 0 Å². The number of para-hydroxylation sites is 1. The second-order valence-corrected chi connectivity index (χ2v) is 9.19. The maximum atomic E-state index is 12.9. The van der Waals surface area contributed by atoms with Crippen LogP contribution in [0.25, 0.3) is 0 Å². The Balaban J connectivity index is 2.33. The molecular formula is C24H35IN2O6. The van der Waals surface area contributed by atoms with E-state index >= 15 is 0 Å². The second kappa shape index (κ2) is 14.5. The lowest BCUT2D eigenvalue weighted by Crippen LogP contribution is -2.56. The summed E-state index contributed by atoms with van der Waals surface area (Å²) in [7, 11) is 1.46. The molecule has 1 aromatic rings. The number of unbranched alkanes of at least 4 members (excludes halogenated alkanes) is 3. The molecule has 9 heteroatoms. The summed E-state index contributed by atoms with van der Waals surface area (Å²) in [5.74, 6) is 0.0115. The second-order valence-electron chi connectivity index (χ2n) is 8.03. The minimum absolute atomic E-state index is 0.102. The largest absolute Gasteiger partial charge is 0.482 e. The zero-order chi connectivity index (χ0) is 24.2. The normalized spacial score (nSPS) is 20.2. The van der Waals surface area contributed by atoms with Gasteiger partial charge in [0.05, 0.1) is 16.2 Å². The highest BCUT2D eigenvalue weighted by Crippen LogP contribution is 2.30. The smallest absolute Gasteiger partial charge is 0.248 e. The first-order chi connectivity index (χ1) is 15.9. The third-order valence-corrected chi connectivity index (χ3v) is 6.45. The molecule has 0 aromatic heterocycles. The first-order valence-electron chi connectivity index (χ1n) is 11.4. The Hall–Kier alpha value is -1.69. The van der Waals surface area contributed by atoms with Gasteiger partial charge in [-0.25, -0.2) is 0 Å². The van der Waals surface area contributed by atoms with Crippen LogP contribution in [0.15, 0.2) is 35.9 Å². The van der Waals surface area contributed by atoms with Crippen molar-refractivity contribution in [3.8, 4) is 5.75 Å². The minimum atomic E-state index is -1.03. The number of carbonyl (C=O) groups excluding carboxylic acids is 2. The summed E-state index contributed by atoms with van der Waals surface area (Å²) in [5.41, 5.74) is 0.415. The van der Waals surface area contributed by atoms with Gasteiger partial charge in [-0.05, 0) is 47.2 Å². The number of halogens is 1. The van der Waals surface area contributed by atoms with Crippen molar-refractivity contribution in [1.82, 2.24) is 10.2 Å². The van der Waals surface area contributed by atoms with Crippen molar-refractivity contribution in [3.05, 3.63) is 39.5 Å². The maximum Gasteiger partial charge on any atom is 0.248 e. The van der Waals surface area contributed by atoms with Crippen molar-refractivity contribution >= 4 is 34.4 Å². The third-order valence-electron chi connectivity index (χ3n) is 5.56. The molecule has 1 aliphatic rings. The molecule has 0 fully saturated rings. The van der Waals surface area contributed by atoms with E-state index in [1.807, 2.05) is 18.2 Å². The molecule has 0 saturated carbocycles. The van der Waals surface area contributed by atoms with Gasteiger partial charge in [-0.2, -0.15) is 0 Å². The van der Waals surface area contributed by atoms with Gasteiger partial charge in [0, 0.05) is 32.2 Å². The molecule has 3 unspecified atom stereocenters. The molecule has 0 bridgehead atoms. The monoisotopic (exact) mass is 574 g/mol. The number of aliphatic hydroxyl groups excluding tert-OH is 2. The van der Waals surface area contributed by atoms with Crippen LogP contribution in [0, 0.1) is 3.57 Å². The van der Waals surface area contributed by atoms with Crippen LogP contribution >= 0.6 is 22.6 Å². The molecule has 1 aromatic carbocycles. The molecule has 8 nitrogen and oxygen atoms in total. The quantitative estimate of drug-likeness (QED) is 0.247. The summed E-state index contributed by atoms with van der Waals surface area (Å²) >= 11 is 2.15. The Bertz CT molecular complexity index is 803. The first kappa shape index (κ1) is 27.6. The lowest BCUT2D eigenvalue weighted by Gasteiger charge is -2.40. The van der Waals surface area contributed by atoms with Crippen molar-refractivity contribution in [2.45, 2.75) is 57.3 Å². The van der Waals surface area contributed by atoms with E-state index in [4.69, 9.17) is 14.6 Å². The van der Waals surface area contributed by atoms with E-state index in [0.29, 0.717) is 17.9 Å². The van der Waals surface area contributed by atoms with Crippen LogP contribution in [0.1, 0.15) is 39.0 Å². The molecule has 2 amide bonds. The van der Waals surface area contributed by atoms with Crippen LogP contribution in [0.3, 0.4) is 0 Å². The molecule has 0 spiro atoms. The van der Waals surface area contributed by atoms with E-state index in [-0.39, 0.29) is 38.0 Å². The Morgan fingerprint density at radius 2 is 2.00 bits per heavy atom. The van der Waals surface area contributed by atoms with Crippen LogP contribution in [-0.2, 0) is 14.3 Å². The van der Waals surface area contributed by atoms with E-state index in [9.17, 15) is 14.7 Å². The van der Waals surface area contributed by atoms with E-state index < -0.39 is 18.2 Å². The number of ether oxygens (including phenoxy) is 2. The number of benzene rings is 1. The molecule has 3 N–H and O–H groups in total. The highest BCUT2D eigenvalue weighted by Gasteiger charge is 2.40. The summed E-state index contributed by atoms with van der Waals surface area (Å²) in [6.07, 6.45) is 3.86.